The zero-order valence-corrected chi connectivity index (χ0v) is 16.7. The monoisotopic (exact) mass is 399 g/mol. The average molecular weight is 400 g/mol. The van der Waals surface area contributed by atoms with Gasteiger partial charge in [-0.1, -0.05) is 35.9 Å². The molecule has 148 valence electrons. The Kier molecular flexibility index (Phi) is 6.27. The molecule has 0 radical (unpaired) electrons. The Labute approximate surface area is 171 Å². The second-order valence-electron chi connectivity index (χ2n) is 7.40. The molecule has 1 unspecified atom stereocenters. The molecule has 2 fully saturated rings. The molecule has 6 heteroatoms. The van der Waals surface area contributed by atoms with Gasteiger partial charge in [-0.2, -0.15) is 0 Å². The van der Waals surface area contributed by atoms with Gasteiger partial charge in [0, 0.05) is 49.9 Å². The first-order valence-corrected chi connectivity index (χ1v) is 10.2. The van der Waals surface area contributed by atoms with E-state index in [1.807, 2.05) is 41.3 Å². The number of rotatable bonds is 4. The number of carbonyl (C=O) groups excluding carboxylic acids is 1. The van der Waals surface area contributed by atoms with Crippen LogP contribution in [0.25, 0.3) is 0 Å². The molecule has 5 nitrogen and oxygen atoms in total. The number of ether oxygens (including phenoxy) is 1. The quantitative estimate of drug-likeness (QED) is 0.858. The van der Waals surface area contributed by atoms with Crippen molar-refractivity contribution in [2.45, 2.75) is 12.6 Å². The third-order valence-corrected chi connectivity index (χ3v) is 5.63. The summed E-state index contributed by atoms with van der Waals surface area (Å²) in [6, 6.07) is 16.0. The summed E-state index contributed by atoms with van der Waals surface area (Å²) in [6.45, 7) is 6.44. The van der Waals surface area contributed by atoms with Crippen LogP contribution in [0, 0.1) is 0 Å². The van der Waals surface area contributed by atoms with Crippen molar-refractivity contribution < 1.29 is 9.53 Å². The Morgan fingerprint density at radius 3 is 2.75 bits per heavy atom. The summed E-state index contributed by atoms with van der Waals surface area (Å²) in [7, 11) is 0. The molecule has 0 saturated carbocycles. The van der Waals surface area contributed by atoms with Crippen molar-refractivity contribution in [3.8, 4) is 0 Å². The second kappa shape index (κ2) is 9.05. The van der Waals surface area contributed by atoms with Gasteiger partial charge < -0.3 is 15.0 Å². The van der Waals surface area contributed by atoms with Gasteiger partial charge in [0.05, 0.1) is 19.3 Å². The summed E-state index contributed by atoms with van der Waals surface area (Å²) < 4.78 is 5.42. The van der Waals surface area contributed by atoms with Gasteiger partial charge in [0.2, 0.25) is 0 Å². The fourth-order valence-electron chi connectivity index (χ4n) is 3.88. The van der Waals surface area contributed by atoms with E-state index in [2.05, 4.69) is 22.3 Å². The molecule has 0 spiro atoms. The molecule has 1 atom stereocenters. The number of benzene rings is 2. The standard InChI is InChI=1S/C22H26ClN3O2/c23-20-6-2-4-18(14-20)21-16-26(8-7-24-21)22(27)19-5-1-3-17(13-19)15-25-9-11-28-12-10-25/h1-6,13-14,21,24H,7-12,15-16H2. The predicted octanol–water partition coefficient (Wildman–Crippen LogP) is 2.96. The SMILES string of the molecule is O=C(c1cccc(CN2CCOCC2)c1)N1CCNC(c2cccc(Cl)c2)C1. The lowest BCUT2D eigenvalue weighted by Gasteiger charge is -2.34. The van der Waals surface area contributed by atoms with E-state index in [1.54, 1.807) is 0 Å². The van der Waals surface area contributed by atoms with Gasteiger partial charge in [0.1, 0.15) is 0 Å². The zero-order valence-electron chi connectivity index (χ0n) is 15.9. The number of nitrogens with zero attached hydrogens (tertiary/aromatic N) is 2. The number of morpholine rings is 1. The largest absolute Gasteiger partial charge is 0.379 e. The van der Waals surface area contributed by atoms with E-state index in [4.69, 9.17) is 16.3 Å². The number of piperazine rings is 1. The van der Waals surface area contributed by atoms with Crippen LogP contribution in [0.2, 0.25) is 5.02 Å². The summed E-state index contributed by atoms with van der Waals surface area (Å²) in [5.74, 6) is 0.0948. The van der Waals surface area contributed by atoms with Crippen LogP contribution in [0.4, 0.5) is 0 Å². The Morgan fingerprint density at radius 2 is 1.93 bits per heavy atom. The van der Waals surface area contributed by atoms with Gasteiger partial charge >= 0.3 is 0 Å². The molecule has 1 amide bonds. The molecule has 2 aliphatic rings. The summed E-state index contributed by atoms with van der Waals surface area (Å²) >= 11 is 6.14. The number of halogens is 1. The minimum atomic E-state index is 0.0948. The van der Waals surface area contributed by atoms with Gasteiger partial charge in [-0.3, -0.25) is 9.69 Å². The van der Waals surface area contributed by atoms with E-state index in [0.29, 0.717) is 13.1 Å². The fourth-order valence-corrected chi connectivity index (χ4v) is 4.08. The van der Waals surface area contributed by atoms with Crippen molar-refractivity contribution in [1.82, 2.24) is 15.1 Å². The molecule has 2 aromatic rings. The van der Waals surface area contributed by atoms with Crippen LogP contribution in [-0.4, -0.2) is 61.6 Å². The smallest absolute Gasteiger partial charge is 0.253 e. The second-order valence-corrected chi connectivity index (χ2v) is 7.84. The highest BCUT2D eigenvalue weighted by molar-refractivity contribution is 6.30. The Balaban J connectivity index is 1.44. The first kappa shape index (κ1) is 19.4. The Bertz CT molecular complexity index is 823. The lowest BCUT2D eigenvalue weighted by molar-refractivity contribution is 0.0341. The molecular weight excluding hydrogens is 374 g/mol. The minimum Gasteiger partial charge on any atom is -0.379 e. The number of amides is 1. The molecule has 2 aromatic carbocycles. The summed E-state index contributed by atoms with van der Waals surface area (Å²) in [6.07, 6.45) is 0. The number of hydrogen-bond acceptors (Lipinski definition) is 4. The van der Waals surface area contributed by atoms with Crippen LogP contribution in [0.3, 0.4) is 0 Å². The van der Waals surface area contributed by atoms with E-state index in [9.17, 15) is 4.79 Å². The van der Waals surface area contributed by atoms with Gasteiger partial charge in [-0.25, -0.2) is 0 Å². The molecule has 1 N–H and O–H groups in total. The highest BCUT2D eigenvalue weighted by Crippen LogP contribution is 2.22. The molecule has 0 aromatic heterocycles. The van der Waals surface area contributed by atoms with Crippen molar-refractivity contribution in [2.75, 3.05) is 45.9 Å². The zero-order chi connectivity index (χ0) is 19.3. The molecule has 0 aliphatic carbocycles. The third kappa shape index (κ3) is 4.73. The maximum atomic E-state index is 13.1. The lowest BCUT2D eigenvalue weighted by atomic mass is 10.0. The van der Waals surface area contributed by atoms with Gasteiger partial charge in [-0.05, 0) is 35.4 Å². The summed E-state index contributed by atoms with van der Waals surface area (Å²) in [5.41, 5.74) is 3.05. The van der Waals surface area contributed by atoms with Gasteiger partial charge in [0.25, 0.3) is 5.91 Å². The van der Waals surface area contributed by atoms with Crippen LogP contribution in [0.15, 0.2) is 48.5 Å². The van der Waals surface area contributed by atoms with Crippen molar-refractivity contribution in [2.24, 2.45) is 0 Å². The average Bonchev–Trinajstić information content (AvgIpc) is 2.74. The van der Waals surface area contributed by atoms with Crippen LogP contribution < -0.4 is 5.32 Å². The molecule has 2 aliphatic heterocycles. The maximum Gasteiger partial charge on any atom is 0.253 e. The number of hydrogen-bond donors (Lipinski definition) is 1. The van der Waals surface area contributed by atoms with Crippen LogP contribution in [-0.2, 0) is 11.3 Å². The van der Waals surface area contributed by atoms with Crippen molar-refractivity contribution in [1.29, 1.82) is 0 Å². The normalized spacial score (nSPS) is 20.9. The van der Waals surface area contributed by atoms with Gasteiger partial charge in [-0.15, -0.1) is 0 Å². The van der Waals surface area contributed by atoms with E-state index in [1.165, 1.54) is 5.56 Å². The molecule has 0 bridgehead atoms. The highest BCUT2D eigenvalue weighted by atomic mass is 35.5. The first-order valence-electron chi connectivity index (χ1n) is 9.86. The van der Waals surface area contributed by atoms with Crippen LogP contribution >= 0.6 is 11.6 Å². The minimum absolute atomic E-state index is 0.0948. The molecular formula is C22H26ClN3O2. The van der Waals surface area contributed by atoms with Crippen LogP contribution in [0.5, 0.6) is 0 Å². The maximum absolute atomic E-state index is 13.1. The van der Waals surface area contributed by atoms with Crippen molar-refractivity contribution in [3.05, 3.63) is 70.2 Å². The number of nitrogens with one attached hydrogen (secondary N) is 1. The van der Waals surface area contributed by atoms with E-state index >= 15 is 0 Å². The summed E-state index contributed by atoms with van der Waals surface area (Å²) in [5, 5.41) is 4.21. The topological polar surface area (TPSA) is 44.8 Å². The number of carbonyl (C=O) groups is 1. The first-order chi connectivity index (χ1) is 13.7. The molecule has 2 saturated heterocycles. The highest BCUT2D eigenvalue weighted by Gasteiger charge is 2.25. The van der Waals surface area contributed by atoms with Crippen molar-refractivity contribution >= 4 is 17.5 Å². The van der Waals surface area contributed by atoms with E-state index < -0.39 is 0 Å². The summed E-state index contributed by atoms with van der Waals surface area (Å²) in [4.78, 5) is 17.4. The van der Waals surface area contributed by atoms with E-state index in [-0.39, 0.29) is 11.9 Å². The van der Waals surface area contributed by atoms with Crippen molar-refractivity contribution in [3.63, 3.8) is 0 Å². The Hall–Kier alpha value is -1.92. The van der Waals surface area contributed by atoms with Gasteiger partial charge in [0.15, 0.2) is 0 Å². The predicted molar refractivity (Wildman–Crippen MR) is 111 cm³/mol. The molecule has 2 heterocycles. The molecule has 4 rings (SSSR count). The fraction of sp³-hybridized carbons (Fsp3) is 0.409. The molecule has 28 heavy (non-hydrogen) atoms. The Morgan fingerprint density at radius 1 is 1.11 bits per heavy atom. The van der Waals surface area contributed by atoms with Crippen LogP contribution in [0.1, 0.15) is 27.5 Å². The third-order valence-electron chi connectivity index (χ3n) is 5.40. The van der Waals surface area contributed by atoms with E-state index in [0.717, 1.165) is 55.5 Å². The lowest BCUT2D eigenvalue weighted by Crippen LogP contribution is -2.48.